The van der Waals surface area contributed by atoms with Crippen molar-refractivity contribution in [3.8, 4) is 11.5 Å². The van der Waals surface area contributed by atoms with Crippen LogP contribution in [0.4, 0.5) is 5.88 Å². The van der Waals surface area contributed by atoms with Gasteiger partial charge in [0.15, 0.2) is 0 Å². The Morgan fingerprint density at radius 1 is 1.06 bits per heavy atom. The van der Waals surface area contributed by atoms with Crippen molar-refractivity contribution in [2.75, 3.05) is 11.4 Å². The lowest BCUT2D eigenvalue weighted by Gasteiger charge is -2.39. The van der Waals surface area contributed by atoms with Crippen molar-refractivity contribution >= 4 is 27.3 Å². The van der Waals surface area contributed by atoms with Crippen LogP contribution in [0.3, 0.4) is 0 Å². The first-order chi connectivity index (χ1) is 15.5. The van der Waals surface area contributed by atoms with Crippen LogP contribution in [0.25, 0.3) is 11.5 Å². The summed E-state index contributed by atoms with van der Waals surface area (Å²) in [6, 6.07) is 14.3. The zero-order chi connectivity index (χ0) is 23.6. The van der Waals surface area contributed by atoms with Gasteiger partial charge in [0, 0.05) is 12.6 Å². The van der Waals surface area contributed by atoms with E-state index in [1.807, 2.05) is 19.1 Å². The molecule has 1 aliphatic carbocycles. The normalized spacial score (nSPS) is 24.3. The predicted molar refractivity (Wildman–Crippen MR) is 130 cm³/mol. The van der Waals surface area contributed by atoms with Crippen LogP contribution in [0.1, 0.15) is 45.6 Å². The molecule has 1 aromatic heterocycles. The average Bonchev–Trinajstić information content (AvgIpc) is 3.27. The van der Waals surface area contributed by atoms with E-state index in [0.717, 1.165) is 31.4 Å². The summed E-state index contributed by atoms with van der Waals surface area (Å²) in [7, 11) is -3.89. The fraction of sp³-hybridized carbons (Fsp3) is 0.423. The summed E-state index contributed by atoms with van der Waals surface area (Å²) < 4.78 is 33.8. The largest absolute Gasteiger partial charge is 0.419 e. The third kappa shape index (κ3) is 3.97. The fourth-order valence-corrected chi connectivity index (χ4v) is 7.46. The molecule has 0 radical (unpaired) electrons. The van der Waals surface area contributed by atoms with Gasteiger partial charge in [-0.05, 0) is 61.3 Å². The molecule has 2 atom stereocenters. The van der Waals surface area contributed by atoms with E-state index in [4.69, 9.17) is 16.0 Å². The highest BCUT2D eigenvalue weighted by Gasteiger charge is 2.51. The third-order valence-electron chi connectivity index (χ3n) is 6.95. The second-order valence-electron chi connectivity index (χ2n) is 10.8. The van der Waals surface area contributed by atoms with Crippen LogP contribution in [0.2, 0.25) is 5.02 Å². The van der Waals surface area contributed by atoms with Gasteiger partial charge in [-0.1, -0.05) is 62.2 Å². The summed E-state index contributed by atoms with van der Waals surface area (Å²) in [6.07, 6.45) is 3.09. The number of oxazole rings is 1. The van der Waals surface area contributed by atoms with Crippen molar-refractivity contribution in [2.24, 2.45) is 10.8 Å². The molecule has 174 valence electrons. The average molecular weight is 485 g/mol. The van der Waals surface area contributed by atoms with Crippen molar-refractivity contribution in [3.05, 3.63) is 59.1 Å². The Morgan fingerprint density at radius 3 is 2.45 bits per heavy atom. The van der Waals surface area contributed by atoms with Gasteiger partial charge in [-0.2, -0.15) is 4.98 Å². The van der Waals surface area contributed by atoms with E-state index in [1.54, 1.807) is 36.4 Å². The van der Waals surface area contributed by atoms with Crippen LogP contribution < -0.4 is 4.90 Å². The number of halogens is 1. The summed E-state index contributed by atoms with van der Waals surface area (Å²) in [5.74, 6) is 0.559. The molecule has 1 aliphatic heterocycles. The lowest BCUT2D eigenvalue weighted by molar-refractivity contribution is 0.136. The summed E-state index contributed by atoms with van der Waals surface area (Å²) >= 11 is 6.41. The molecule has 2 bridgehead atoms. The zero-order valence-corrected chi connectivity index (χ0v) is 21.0. The second kappa shape index (κ2) is 7.60. The highest BCUT2D eigenvalue weighted by atomic mass is 35.5. The number of aromatic nitrogens is 1. The summed E-state index contributed by atoms with van der Waals surface area (Å²) in [5, 5.41) is 0.438. The van der Waals surface area contributed by atoms with Crippen molar-refractivity contribution in [1.82, 2.24) is 4.98 Å². The van der Waals surface area contributed by atoms with Crippen molar-refractivity contribution in [3.63, 3.8) is 0 Å². The van der Waals surface area contributed by atoms with E-state index in [0.29, 0.717) is 16.5 Å². The molecule has 33 heavy (non-hydrogen) atoms. The van der Waals surface area contributed by atoms with Crippen LogP contribution in [-0.2, 0) is 9.84 Å². The number of anilines is 1. The number of sulfone groups is 1. The number of benzene rings is 2. The Morgan fingerprint density at radius 2 is 1.76 bits per heavy atom. The maximum atomic E-state index is 13.8. The minimum Gasteiger partial charge on any atom is -0.419 e. The van der Waals surface area contributed by atoms with Gasteiger partial charge in [-0.3, -0.25) is 0 Å². The topological polar surface area (TPSA) is 63.4 Å². The lowest BCUT2D eigenvalue weighted by atomic mass is 9.65. The first kappa shape index (κ1) is 22.5. The maximum absolute atomic E-state index is 13.8. The van der Waals surface area contributed by atoms with Gasteiger partial charge in [-0.15, -0.1) is 0 Å². The van der Waals surface area contributed by atoms with E-state index in [-0.39, 0.29) is 32.7 Å². The number of hydrogen-bond acceptors (Lipinski definition) is 5. The van der Waals surface area contributed by atoms with Crippen LogP contribution in [0.15, 0.2) is 62.9 Å². The monoisotopic (exact) mass is 484 g/mol. The van der Waals surface area contributed by atoms with Gasteiger partial charge in [0.2, 0.25) is 26.6 Å². The number of nitrogens with zero attached hydrogens (tertiary/aromatic N) is 2. The van der Waals surface area contributed by atoms with Gasteiger partial charge in [-0.25, -0.2) is 8.42 Å². The van der Waals surface area contributed by atoms with Crippen molar-refractivity contribution < 1.29 is 12.8 Å². The lowest BCUT2D eigenvalue weighted by Crippen LogP contribution is -2.35. The van der Waals surface area contributed by atoms with E-state index in [1.165, 1.54) is 0 Å². The maximum Gasteiger partial charge on any atom is 0.236 e. The molecule has 2 unspecified atom stereocenters. The molecule has 3 aromatic rings. The van der Waals surface area contributed by atoms with Crippen LogP contribution in [0.5, 0.6) is 0 Å². The third-order valence-corrected chi connectivity index (χ3v) is 8.94. The molecule has 0 N–H and O–H groups in total. The van der Waals surface area contributed by atoms with Gasteiger partial charge >= 0.3 is 0 Å². The van der Waals surface area contributed by atoms with Crippen LogP contribution in [-0.4, -0.2) is 26.0 Å². The minimum atomic E-state index is -3.89. The van der Waals surface area contributed by atoms with Crippen LogP contribution in [0, 0.1) is 17.8 Å². The SMILES string of the molecule is Cc1ccc(S(=O)(=O)c2nc(-c3ccccc3Cl)oc2N2CC3(C)CC2CC(C)(C)C3)cc1. The highest BCUT2D eigenvalue weighted by molar-refractivity contribution is 7.91. The summed E-state index contributed by atoms with van der Waals surface area (Å²) in [4.78, 5) is 6.90. The second-order valence-corrected chi connectivity index (χ2v) is 13.0. The Kier molecular flexibility index (Phi) is 5.18. The molecule has 1 saturated heterocycles. The van der Waals surface area contributed by atoms with E-state index in [9.17, 15) is 8.42 Å². The van der Waals surface area contributed by atoms with Gasteiger partial charge in [0.25, 0.3) is 0 Å². The van der Waals surface area contributed by atoms with Gasteiger partial charge < -0.3 is 9.32 Å². The molecule has 1 saturated carbocycles. The van der Waals surface area contributed by atoms with Gasteiger partial charge in [0.1, 0.15) is 0 Å². The minimum absolute atomic E-state index is 0.0322. The first-order valence-electron chi connectivity index (χ1n) is 11.3. The van der Waals surface area contributed by atoms with E-state index >= 15 is 0 Å². The molecule has 0 spiro atoms. The molecule has 0 amide bonds. The van der Waals surface area contributed by atoms with E-state index in [2.05, 4.69) is 30.7 Å². The molecular formula is C26H29ClN2O3S. The molecule has 5 nitrogen and oxygen atoms in total. The smallest absolute Gasteiger partial charge is 0.236 e. The Bertz CT molecular complexity index is 1310. The number of aryl methyl sites for hydroxylation is 1. The standard InChI is InChI=1S/C26H29ClN2O3S/c1-17-9-11-19(12-10-17)33(30,31)23-24(32-22(28-23)20-7-5-6-8-21(20)27)29-16-26(4)14-18(29)13-25(2,3)15-26/h5-12,18H,13-16H2,1-4H3. The molecular weight excluding hydrogens is 456 g/mol. The Balaban J connectivity index is 1.67. The number of hydrogen-bond donors (Lipinski definition) is 0. The molecule has 7 heteroatoms. The molecule has 2 aromatic carbocycles. The van der Waals surface area contributed by atoms with Gasteiger partial charge in [0.05, 0.1) is 15.5 Å². The molecule has 2 fully saturated rings. The zero-order valence-electron chi connectivity index (χ0n) is 19.4. The molecule has 5 rings (SSSR count). The predicted octanol–water partition coefficient (Wildman–Crippen LogP) is 6.54. The number of fused-ring (bicyclic) bond motifs is 2. The summed E-state index contributed by atoms with van der Waals surface area (Å²) in [6.45, 7) is 9.55. The van der Waals surface area contributed by atoms with Crippen molar-refractivity contribution in [2.45, 2.75) is 62.9 Å². The van der Waals surface area contributed by atoms with Crippen LogP contribution >= 0.6 is 11.6 Å². The molecule has 2 aliphatic rings. The Labute approximate surface area is 200 Å². The Hall–Kier alpha value is -2.31. The summed E-state index contributed by atoms with van der Waals surface area (Å²) in [5.41, 5.74) is 1.87. The fourth-order valence-electron chi connectivity index (χ4n) is 5.93. The first-order valence-corrected chi connectivity index (χ1v) is 13.2. The van der Waals surface area contributed by atoms with E-state index < -0.39 is 9.84 Å². The number of rotatable bonds is 4. The van der Waals surface area contributed by atoms with Crippen molar-refractivity contribution in [1.29, 1.82) is 0 Å². The highest BCUT2D eigenvalue weighted by Crippen LogP contribution is 2.54. The quantitative estimate of drug-likeness (QED) is 0.420. The molecule has 2 heterocycles.